The second-order valence-electron chi connectivity index (χ2n) is 5.61. The lowest BCUT2D eigenvalue weighted by atomic mass is 10.3. The maximum atomic E-state index is 12.3. The fourth-order valence-electron chi connectivity index (χ4n) is 2.48. The molecule has 0 radical (unpaired) electrons. The van der Waals surface area contributed by atoms with Crippen molar-refractivity contribution < 1.29 is 9.53 Å². The number of anilines is 2. The molecule has 2 aromatic rings. The summed E-state index contributed by atoms with van der Waals surface area (Å²) < 4.78 is 5.32. The minimum absolute atomic E-state index is 0.295. The van der Waals surface area contributed by atoms with Crippen LogP contribution in [0, 0.1) is 0 Å². The highest BCUT2D eigenvalue weighted by Gasteiger charge is 2.11. The van der Waals surface area contributed by atoms with Gasteiger partial charge in [0.25, 0.3) is 5.91 Å². The molecule has 1 aromatic carbocycles. The molecule has 0 saturated carbocycles. The second-order valence-corrected chi connectivity index (χ2v) is 6.05. The van der Waals surface area contributed by atoms with E-state index in [1.807, 2.05) is 0 Å². The Labute approximate surface area is 151 Å². The van der Waals surface area contributed by atoms with Gasteiger partial charge in [0, 0.05) is 43.1 Å². The Balaban J connectivity index is 1.54. The van der Waals surface area contributed by atoms with E-state index in [4.69, 9.17) is 16.3 Å². The van der Waals surface area contributed by atoms with Crippen molar-refractivity contribution >= 4 is 29.1 Å². The molecule has 0 aliphatic carbocycles. The SMILES string of the molecule is O=C(Nc1cccc(Cl)c1)c1ccnc(NCCN2CCOCC2)n1. The van der Waals surface area contributed by atoms with Crippen molar-refractivity contribution in [3.8, 4) is 0 Å². The summed E-state index contributed by atoms with van der Waals surface area (Å²) >= 11 is 5.92. The van der Waals surface area contributed by atoms with E-state index in [9.17, 15) is 4.79 Å². The fraction of sp³-hybridized carbons (Fsp3) is 0.353. The van der Waals surface area contributed by atoms with Gasteiger partial charge in [0.15, 0.2) is 0 Å². The zero-order valence-corrected chi connectivity index (χ0v) is 14.5. The Morgan fingerprint density at radius 2 is 2.12 bits per heavy atom. The van der Waals surface area contributed by atoms with Crippen LogP contribution >= 0.6 is 11.6 Å². The van der Waals surface area contributed by atoms with Crippen LogP contribution in [0.1, 0.15) is 10.5 Å². The largest absolute Gasteiger partial charge is 0.379 e. The molecular weight excluding hydrogens is 342 g/mol. The number of ether oxygens (including phenoxy) is 1. The van der Waals surface area contributed by atoms with Crippen molar-refractivity contribution in [3.63, 3.8) is 0 Å². The normalized spacial score (nSPS) is 14.9. The Bertz CT molecular complexity index is 722. The van der Waals surface area contributed by atoms with Crippen molar-refractivity contribution in [2.24, 2.45) is 0 Å². The van der Waals surface area contributed by atoms with Crippen LogP contribution in [-0.2, 0) is 4.74 Å². The monoisotopic (exact) mass is 361 g/mol. The lowest BCUT2D eigenvalue weighted by Gasteiger charge is -2.26. The molecule has 0 spiro atoms. The first-order valence-electron chi connectivity index (χ1n) is 8.15. The summed E-state index contributed by atoms with van der Waals surface area (Å²) in [4.78, 5) is 23.0. The molecule has 0 atom stereocenters. The number of rotatable bonds is 6. The van der Waals surface area contributed by atoms with E-state index in [0.29, 0.717) is 28.9 Å². The summed E-state index contributed by atoms with van der Waals surface area (Å²) in [6.07, 6.45) is 1.57. The zero-order chi connectivity index (χ0) is 17.5. The van der Waals surface area contributed by atoms with E-state index < -0.39 is 0 Å². The zero-order valence-electron chi connectivity index (χ0n) is 13.7. The minimum Gasteiger partial charge on any atom is -0.379 e. The molecule has 3 rings (SSSR count). The van der Waals surface area contributed by atoms with E-state index >= 15 is 0 Å². The quantitative estimate of drug-likeness (QED) is 0.820. The van der Waals surface area contributed by atoms with E-state index in [2.05, 4.69) is 25.5 Å². The number of aromatic nitrogens is 2. The molecule has 132 valence electrons. The van der Waals surface area contributed by atoms with Crippen LogP contribution < -0.4 is 10.6 Å². The molecule has 2 heterocycles. The van der Waals surface area contributed by atoms with Crippen LogP contribution in [0.5, 0.6) is 0 Å². The highest BCUT2D eigenvalue weighted by molar-refractivity contribution is 6.30. The second kappa shape index (κ2) is 8.75. The van der Waals surface area contributed by atoms with E-state index in [0.717, 1.165) is 32.8 Å². The highest BCUT2D eigenvalue weighted by atomic mass is 35.5. The average molecular weight is 362 g/mol. The molecule has 1 amide bonds. The van der Waals surface area contributed by atoms with Gasteiger partial charge in [-0.1, -0.05) is 17.7 Å². The molecule has 1 aromatic heterocycles. The highest BCUT2D eigenvalue weighted by Crippen LogP contribution is 2.15. The Morgan fingerprint density at radius 1 is 1.28 bits per heavy atom. The first-order valence-corrected chi connectivity index (χ1v) is 8.52. The van der Waals surface area contributed by atoms with Gasteiger partial charge in [0.05, 0.1) is 13.2 Å². The molecule has 0 unspecified atom stereocenters. The number of carbonyl (C=O) groups is 1. The molecule has 1 aliphatic rings. The molecule has 8 heteroatoms. The summed E-state index contributed by atoms with van der Waals surface area (Å²) in [7, 11) is 0. The van der Waals surface area contributed by atoms with Gasteiger partial charge < -0.3 is 15.4 Å². The molecule has 0 bridgehead atoms. The Morgan fingerprint density at radius 3 is 2.92 bits per heavy atom. The molecule has 2 N–H and O–H groups in total. The lowest BCUT2D eigenvalue weighted by Crippen LogP contribution is -2.39. The summed E-state index contributed by atoms with van der Waals surface area (Å²) in [5, 5.41) is 6.49. The van der Waals surface area contributed by atoms with Crippen molar-refractivity contribution in [1.82, 2.24) is 14.9 Å². The summed E-state index contributed by atoms with van der Waals surface area (Å²) in [6, 6.07) is 8.55. The van der Waals surface area contributed by atoms with Crippen LogP contribution in [0.3, 0.4) is 0 Å². The van der Waals surface area contributed by atoms with Gasteiger partial charge in [0.1, 0.15) is 5.69 Å². The van der Waals surface area contributed by atoms with Gasteiger partial charge in [-0.25, -0.2) is 9.97 Å². The number of carbonyl (C=O) groups excluding carboxylic acids is 1. The van der Waals surface area contributed by atoms with Crippen LogP contribution in [-0.4, -0.2) is 60.2 Å². The van der Waals surface area contributed by atoms with Crippen molar-refractivity contribution in [2.75, 3.05) is 50.0 Å². The summed E-state index contributed by atoms with van der Waals surface area (Å²) in [6.45, 7) is 5.01. The Hall–Kier alpha value is -2.22. The predicted octanol–water partition coefficient (Wildman–Crippen LogP) is 2.13. The standard InChI is InChI=1S/C17H20ClN5O2/c18-13-2-1-3-14(12-13)21-16(24)15-4-5-19-17(22-15)20-6-7-23-8-10-25-11-9-23/h1-5,12H,6-11H2,(H,21,24)(H,19,20,22). The maximum Gasteiger partial charge on any atom is 0.274 e. The number of hydrogen-bond donors (Lipinski definition) is 2. The topological polar surface area (TPSA) is 79.4 Å². The van der Waals surface area contributed by atoms with Gasteiger partial charge in [-0.15, -0.1) is 0 Å². The third-order valence-corrected chi connectivity index (χ3v) is 4.02. The summed E-state index contributed by atoms with van der Waals surface area (Å²) in [5.74, 6) is 0.132. The van der Waals surface area contributed by atoms with Crippen LogP contribution in [0.2, 0.25) is 5.02 Å². The lowest BCUT2D eigenvalue weighted by molar-refractivity contribution is 0.0398. The van der Waals surface area contributed by atoms with E-state index in [1.165, 1.54) is 0 Å². The van der Waals surface area contributed by atoms with Crippen LogP contribution in [0.4, 0.5) is 11.6 Å². The molecule has 25 heavy (non-hydrogen) atoms. The molecule has 1 saturated heterocycles. The van der Waals surface area contributed by atoms with Crippen molar-refractivity contribution in [3.05, 3.63) is 47.2 Å². The third kappa shape index (κ3) is 5.38. The number of halogens is 1. The third-order valence-electron chi connectivity index (χ3n) is 3.79. The van der Waals surface area contributed by atoms with Crippen molar-refractivity contribution in [1.29, 1.82) is 0 Å². The average Bonchev–Trinajstić information content (AvgIpc) is 2.63. The predicted molar refractivity (Wildman–Crippen MR) is 97.2 cm³/mol. The van der Waals surface area contributed by atoms with Crippen molar-refractivity contribution in [2.45, 2.75) is 0 Å². The van der Waals surface area contributed by atoms with Crippen LogP contribution in [0.25, 0.3) is 0 Å². The van der Waals surface area contributed by atoms with Gasteiger partial charge >= 0.3 is 0 Å². The molecule has 1 fully saturated rings. The number of nitrogens with one attached hydrogen (secondary N) is 2. The number of amides is 1. The first kappa shape index (κ1) is 17.6. The molecule has 7 nitrogen and oxygen atoms in total. The van der Waals surface area contributed by atoms with Gasteiger partial charge in [0.2, 0.25) is 5.95 Å². The van der Waals surface area contributed by atoms with E-state index in [-0.39, 0.29) is 5.91 Å². The molecule has 1 aliphatic heterocycles. The minimum atomic E-state index is -0.305. The Kier molecular flexibility index (Phi) is 6.16. The maximum absolute atomic E-state index is 12.3. The number of benzene rings is 1. The van der Waals surface area contributed by atoms with Gasteiger partial charge in [-0.2, -0.15) is 0 Å². The first-order chi connectivity index (χ1) is 12.2. The fourth-order valence-corrected chi connectivity index (χ4v) is 2.67. The summed E-state index contributed by atoms with van der Waals surface area (Å²) in [5.41, 5.74) is 0.918. The number of hydrogen-bond acceptors (Lipinski definition) is 6. The molecular formula is C17H20ClN5O2. The number of morpholine rings is 1. The van der Waals surface area contributed by atoms with Gasteiger partial charge in [-0.05, 0) is 24.3 Å². The van der Waals surface area contributed by atoms with Gasteiger partial charge in [-0.3, -0.25) is 9.69 Å². The van der Waals surface area contributed by atoms with Crippen LogP contribution in [0.15, 0.2) is 36.5 Å². The smallest absolute Gasteiger partial charge is 0.274 e. The van der Waals surface area contributed by atoms with E-state index in [1.54, 1.807) is 36.5 Å². The number of nitrogens with zero attached hydrogens (tertiary/aromatic N) is 3.